The Kier molecular flexibility index (Phi) is 2.57. The van der Waals surface area contributed by atoms with Crippen LogP contribution in [-0.4, -0.2) is 16.1 Å². The van der Waals surface area contributed by atoms with E-state index >= 15 is 0 Å². The number of fused-ring (bicyclic) bond motifs is 1. The van der Waals surface area contributed by atoms with Gasteiger partial charge in [-0.1, -0.05) is 18.2 Å². The molecule has 0 bridgehead atoms. The summed E-state index contributed by atoms with van der Waals surface area (Å²) in [6.45, 7) is 0. The summed E-state index contributed by atoms with van der Waals surface area (Å²) in [6, 6.07) is 5.87. The lowest BCUT2D eigenvalue weighted by Gasteiger charge is -2.07. The van der Waals surface area contributed by atoms with E-state index in [1.807, 2.05) is 0 Å². The number of carboxylic acid groups (broad SMARTS) is 1. The Bertz CT molecular complexity index is 572. The normalized spacial score (nSPS) is 11.9. The van der Waals surface area contributed by atoms with Gasteiger partial charge >= 0.3 is 12.1 Å². The van der Waals surface area contributed by atoms with Gasteiger partial charge in [0, 0.05) is 16.6 Å². The standard InChI is InChI=1S/C11H8F3NO2/c12-11(13,14)10-6-3-1-2-4-7(6)15-8(10)5-9(16)17/h1-4,15H,5H2,(H,16,17). The molecule has 1 heterocycles. The number of aromatic nitrogens is 1. The Morgan fingerprint density at radius 2 is 1.94 bits per heavy atom. The summed E-state index contributed by atoms with van der Waals surface area (Å²) in [4.78, 5) is 13.0. The van der Waals surface area contributed by atoms with Crippen molar-refractivity contribution in [3.8, 4) is 0 Å². The van der Waals surface area contributed by atoms with Crippen LogP contribution >= 0.6 is 0 Å². The van der Waals surface area contributed by atoms with Crippen LogP contribution in [0.2, 0.25) is 0 Å². The number of carbonyl (C=O) groups is 1. The average Bonchev–Trinajstić information content (AvgIpc) is 2.53. The summed E-state index contributed by atoms with van der Waals surface area (Å²) in [7, 11) is 0. The number of aliphatic carboxylic acids is 1. The molecule has 0 saturated heterocycles. The summed E-state index contributed by atoms with van der Waals surface area (Å²) in [5.41, 5.74) is -0.919. The van der Waals surface area contributed by atoms with Gasteiger partial charge in [-0.2, -0.15) is 13.2 Å². The molecule has 0 amide bonds. The van der Waals surface area contributed by atoms with Crippen molar-refractivity contribution in [1.29, 1.82) is 0 Å². The van der Waals surface area contributed by atoms with Crippen LogP contribution in [0, 0.1) is 0 Å². The third-order valence-electron chi connectivity index (χ3n) is 2.40. The molecule has 2 N–H and O–H groups in total. The van der Waals surface area contributed by atoms with E-state index in [9.17, 15) is 18.0 Å². The number of halogens is 3. The van der Waals surface area contributed by atoms with Gasteiger partial charge in [0.2, 0.25) is 0 Å². The summed E-state index contributed by atoms with van der Waals surface area (Å²) < 4.78 is 38.5. The van der Waals surface area contributed by atoms with Crippen LogP contribution in [0.1, 0.15) is 11.3 Å². The van der Waals surface area contributed by atoms with Crippen LogP contribution in [0.25, 0.3) is 10.9 Å². The van der Waals surface area contributed by atoms with Gasteiger partial charge in [-0.05, 0) is 6.07 Å². The van der Waals surface area contributed by atoms with Crippen molar-refractivity contribution in [2.45, 2.75) is 12.6 Å². The number of alkyl halides is 3. The zero-order valence-electron chi connectivity index (χ0n) is 8.51. The number of rotatable bonds is 2. The van der Waals surface area contributed by atoms with E-state index in [1.165, 1.54) is 18.2 Å². The molecule has 0 unspecified atom stereocenters. The smallest absolute Gasteiger partial charge is 0.418 e. The van der Waals surface area contributed by atoms with Crippen LogP contribution in [0.4, 0.5) is 13.2 Å². The third-order valence-corrected chi connectivity index (χ3v) is 2.40. The highest BCUT2D eigenvalue weighted by Crippen LogP contribution is 2.37. The Morgan fingerprint density at radius 3 is 2.53 bits per heavy atom. The van der Waals surface area contributed by atoms with E-state index < -0.39 is 24.1 Å². The number of carboxylic acids is 1. The van der Waals surface area contributed by atoms with Gasteiger partial charge < -0.3 is 10.1 Å². The second-order valence-electron chi connectivity index (χ2n) is 3.59. The molecule has 0 fully saturated rings. The van der Waals surface area contributed by atoms with E-state index in [2.05, 4.69) is 4.98 Å². The lowest BCUT2D eigenvalue weighted by Crippen LogP contribution is -2.11. The van der Waals surface area contributed by atoms with Crippen LogP contribution in [-0.2, 0) is 17.4 Å². The van der Waals surface area contributed by atoms with Crippen molar-refractivity contribution in [2.24, 2.45) is 0 Å². The van der Waals surface area contributed by atoms with Crippen LogP contribution < -0.4 is 0 Å². The van der Waals surface area contributed by atoms with E-state index in [1.54, 1.807) is 6.07 Å². The summed E-state index contributed by atoms with van der Waals surface area (Å²) in [5, 5.41) is 8.59. The Balaban J connectivity index is 2.69. The molecular weight excluding hydrogens is 235 g/mol. The Labute approximate surface area is 93.9 Å². The van der Waals surface area contributed by atoms with Crippen LogP contribution in [0.3, 0.4) is 0 Å². The van der Waals surface area contributed by atoms with Gasteiger partial charge in [0.15, 0.2) is 0 Å². The average molecular weight is 243 g/mol. The minimum absolute atomic E-state index is 0.00347. The first-order valence-electron chi connectivity index (χ1n) is 4.78. The maximum atomic E-state index is 12.8. The molecule has 0 atom stereocenters. The zero-order chi connectivity index (χ0) is 12.6. The highest BCUT2D eigenvalue weighted by Gasteiger charge is 2.37. The first-order valence-corrected chi connectivity index (χ1v) is 4.78. The van der Waals surface area contributed by atoms with Crippen molar-refractivity contribution >= 4 is 16.9 Å². The van der Waals surface area contributed by atoms with Crippen molar-refractivity contribution in [2.75, 3.05) is 0 Å². The predicted octanol–water partition coefficient (Wildman–Crippen LogP) is 2.81. The number of H-pyrrole nitrogens is 1. The van der Waals surface area contributed by atoms with Gasteiger partial charge in [0.25, 0.3) is 0 Å². The molecule has 2 aromatic rings. The number of nitrogens with one attached hydrogen (secondary N) is 1. The van der Waals surface area contributed by atoms with E-state index in [4.69, 9.17) is 5.11 Å². The quantitative estimate of drug-likeness (QED) is 0.852. The molecule has 1 aromatic carbocycles. The summed E-state index contributed by atoms with van der Waals surface area (Å²) >= 11 is 0. The van der Waals surface area contributed by atoms with Gasteiger partial charge in [0.05, 0.1) is 12.0 Å². The SMILES string of the molecule is O=C(O)Cc1[nH]c2ccccc2c1C(F)(F)F. The third kappa shape index (κ3) is 2.11. The number of aromatic amines is 1. The molecular formula is C11H8F3NO2. The molecule has 90 valence electrons. The van der Waals surface area contributed by atoms with Gasteiger partial charge in [-0.3, -0.25) is 4.79 Å². The Hall–Kier alpha value is -1.98. The highest BCUT2D eigenvalue weighted by atomic mass is 19.4. The first kappa shape index (κ1) is 11.5. The van der Waals surface area contributed by atoms with Gasteiger partial charge in [-0.25, -0.2) is 0 Å². The van der Waals surface area contributed by atoms with Crippen molar-refractivity contribution < 1.29 is 23.1 Å². The molecule has 2 rings (SSSR count). The molecule has 0 saturated carbocycles. The second kappa shape index (κ2) is 3.80. The molecule has 0 aliphatic heterocycles. The number of benzene rings is 1. The fraction of sp³-hybridized carbons (Fsp3) is 0.182. The van der Waals surface area contributed by atoms with E-state index in [0.717, 1.165) is 0 Å². The molecule has 17 heavy (non-hydrogen) atoms. The predicted molar refractivity (Wildman–Crippen MR) is 54.6 cm³/mol. The summed E-state index contributed by atoms with van der Waals surface area (Å²) in [6.07, 6.45) is -5.24. The fourth-order valence-electron chi connectivity index (χ4n) is 1.81. The van der Waals surface area contributed by atoms with E-state index in [-0.39, 0.29) is 16.6 Å². The highest BCUT2D eigenvalue weighted by molar-refractivity contribution is 5.86. The molecule has 0 aliphatic carbocycles. The maximum Gasteiger partial charge on any atom is 0.418 e. The van der Waals surface area contributed by atoms with Crippen molar-refractivity contribution in [3.63, 3.8) is 0 Å². The molecule has 6 heteroatoms. The minimum Gasteiger partial charge on any atom is -0.481 e. The lowest BCUT2D eigenvalue weighted by molar-refractivity contribution is -0.138. The van der Waals surface area contributed by atoms with Crippen LogP contribution in [0.15, 0.2) is 24.3 Å². The Morgan fingerprint density at radius 1 is 1.29 bits per heavy atom. The largest absolute Gasteiger partial charge is 0.481 e. The second-order valence-corrected chi connectivity index (χ2v) is 3.59. The van der Waals surface area contributed by atoms with E-state index in [0.29, 0.717) is 0 Å². The number of para-hydroxylation sites is 1. The monoisotopic (exact) mass is 243 g/mol. The van der Waals surface area contributed by atoms with Crippen molar-refractivity contribution in [1.82, 2.24) is 4.98 Å². The minimum atomic E-state index is -4.57. The van der Waals surface area contributed by atoms with Gasteiger partial charge in [0.1, 0.15) is 0 Å². The maximum absolute atomic E-state index is 12.8. The van der Waals surface area contributed by atoms with Gasteiger partial charge in [-0.15, -0.1) is 0 Å². The lowest BCUT2D eigenvalue weighted by atomic mass is 10.1. The summed E-state index contributed by atoms with van der Waals surface area (Å²) in [5.74, 6) is -1.30. The molecule has 0 radical (unpaired) electrons. The molecule has 0 spiro atoms. The molecule has 0 aliphatic rings. The van der Waals surface area contributed by atoms with Crippen LogP contribution in [0.5, 0.6) is 0 Å². The molecule has 1 aromatic heterocycles. The topological polar surface area (TPSA) is 53.1 Å². The van der Waals surface area contributed by atoms with Crippen molar-refractivity contribution in [3.05, 3.63) is 35.5 Å². The zero-order valence-corrected chi connectivity index (χ0v) is 8.51. The first-order chi connectivity index (χ1) is 7.89. The number of hydrogen-bond acceptors (Lipinski definition) is 1. The fourth-order valence-corrected chi connectivity index (χ4v) is 1.81. The number of hydrogen-bond donors (Lipinski definition) is 2. The molecule has 3 nitrogen and oxygen atoms in total.